The van der Waals surface area contributed by atoms with E-state index in [0.29, 0.717) is 19.7 Å². The number of piperidine rings is 1. The van der Waals surface area contributed by atoms with Crippen molar-refractivity contribution in [3.8, 4) is 0 Å². The molecule has 2 fully saturated rings. The number of amides is 2. The van der Waals surface area contributed by atoms with Crippen molar-refractivity contribution in [2.24, 2.45) is 11.1 Å². The van der Waals surface area contributed by atoms with Crippen LogP contribution in [0.25, 0.3) is 0 Å². The average molecular weight is 331 g/mol. The van der Waals surface area contributed by atoms with Crippen molar-refractivity contribution in [1.29, 1.82) is 0 Å². The van der Waals surface area contributed by atoms with Gasteiger partial charge in [-0.3, -0.25) is 4.79 Å². The molecule has 0 atom stereocenters. The van der Waals surface area contributed by atoms with Gasteiger partial charge in [-0.05, 0) is 30.2 Å². The van der Waals surface area contributed by atoms with Gasteiger partial charge in [-0.25, -0.2) is 4.79 Å². The van der Waals surface area contributed by atoms with Crippen molar-refractivity contribution in [2.75, 3.05) is 32.7 Å². The minimum absolute atomic E-state index is 0.0246. The molecule has 6 nitrogen and oxygen atoms in total. The van der Waals surface area contributed by atoms with Crippen LogP contribution in [0, 0.1) is 5.41 Å². The monoisotopic (exact) mass is 331 g/mol. The fourth-order valence-corrected chi connectivity index (χ4v) is 3.66. The lowest BCUT2D eigenvalue weighted by molar-refractivity contribution is -0.129. The number of hydrogen-bond acceptors (Lipinski definition) is 4. The molecule has 24 heavy (non-hydrogen) atoms. The summed E-state index contributed by atoms with van der Waals surface area (Å²) < 4.78 is 5.40. The van der Waals surface area contributed by atoms with Crippen molar-refractivity contribution in [3.63, 3.8) is 0 Å². The SMILES string of the molecule is NCC(=O)N1CCC2(CCN(C(=O)OCc3ccccc3)CC2)C1. The minimum Gasteiger partial charge on any atom is -0.445 e. The van der Waals surface area contributed by atoms with Crippen LogP contribution >= 0.6 is 0 Å². The van der Waals surface area contributed by atoms with Crippen molar-refractivity contribution in [2.45, 2.75) is 25.9 Å². The molecule has 130 valence electrons. The number of hydrogen-bond donors (Lipinski definition) is 1. The summed E-state index contributed by atoms with van der Waals surface area (Å²) in [5, 5.41) is 0. The van der Waals surface area contributed by atoms with Crippen LogP contribution in [0.4, 0.5) is 4.79 Å². The maximum Gasteiger partial charge on any atom is 0.410 e. The van der Waals surface area contributed by atoms with Gasteiger partial charge in [0.15, 0.2) is 0 Å². The Morgan fingerprint density at radius 3 is 2.29 bits per heavy atom. The van der Waals surface area contributed by atoms with Crippen molar-refractivity contribution in [3.05, 3.63) is 35.9 Å². The van der Waals surface area contributed by atoms with Crippen LogP contribution in [0.2, 0.25) is 0 Å². The predicted octanol–water partition coefficient (Wildman–Crippen LogP) is 1.60. The van der Waals surface area contributed by atoms with E-state index in [0.717, 1.165) is 37.9 Å². The third-order valence-corrected chi connectivity index (χ3v) is 5.25. The average Bonchev–Trinajstić information content (AvgIpc) is 3.04. The molecule has 1 spiro atoms. The van der Waals surface area contributed by atoms with Crippen molar-refractivity contribution >= 4 is 12.0 Å². The molecular formula is C18H25N3O3. The molecule has 2 saturated heterocycles. The highest BCUT2D eigenvalue weighted by molar-refractivity contribution is 5.78. The summed E-state index contributed by atoms with van der Waals surface area (Å²) in [6.07, 6.45) is 2.59. The number of likely N-dealkylation sites (tertiary alicyclic amines) is 2. The lowest BCUT2D eigenvalue weighted by atomic mass is 9.78. The molecule has 2 amide bonds. The van der Waals surface area contributed by atoms with Crippen LogP contribution in [-0.4, -0.2) is 54.5 Å². The number of carbonyl (C=O) groups is 2. The first-order valence-corrected chi connectivity index (χ1v) is 8.55. The summed E-state index contributed by atoms with van der Waals surface area (Å²) in [5.41, 5.74) is 6.60. The zero-order valence-electron chi connectivity index (χ0n) is 13.9. The second-order valence-electron chi connectivity index (χ2n) is 6.80. The first kappa shape index (κ1) is 16.8. The molecule has 3 rings (SSSR count). The lowest BCUT2D eigenvalue weighted by Gasteiger charge is -2.38. The van der Waals surface area contributed by atoms with Gasteiger partial charge in [-0.2, -0.15) is 0 Å². The Morgan fingerprint density at radius 1 is 1.04 bits per heavy atom. The summed E-state index contributed by atoms with van der Waals surface area (Å²) >= 11 is 0. The zero-order valence-corrected chi connectivity index (χ0v) is 13.9. The van der Waals surface area contributed by atoms with E-state index in [-0.39, 0.29) is 24.0 Å². The van der Waals surface area contributed by atoms with Crippen LogP contribution in [0.5, 0.6) is 0 Å². The maximum atomic E-state index is 12.2. The van der Waals surface area contributed by atoms with E-state index in [1.54, 1.807) is 4.90 Å². The molecule has 6 heteroatoms. The Kier molecular flexibility index (Phi) is 5.04. The van der Waals surface area contributed by atoms with E-state index in [2.05, 4.69) is 0 Å². The summed E-state index contributed by atoms with van der Waals surface area (Å²) in [6, 6.07) is 9.69. The second-order valence-corrected chi connectivity index (χ2v) is 6.80. The number of rotatable bonds is 3. The molecule has 0 aliphatic carbocycles. The third-order valence-electron chi connectivity index (χ3n) is 5.25. The van der Waals surface area contributed by atoms with E-state index < -0.39 is 0 Å². The van der Waals surface area contributed by atoms with Crippen LogP contribution in [-0.2, 0) is 16.1 Å². The first-order valence-electron chi connectivity index (χ1n) is 8.55. The summed E-state index contributed by atoms with van der Waals surface area (Å²) in [4.78, 5) is 27.6. The molecule has 2 aliphatic rings. The molecule has 1 aromatic rings. The topological polar surface area (TPSA) is 75.9 Å². The fourth-order valence-electron chi connectivity index (χ4n) is 3.66. The quantitative estimate of drug-likeness (QED) is 0.913. The third kappa shape index (κ3) is 3.70. The zero-order chi connectivity index (χ0) is 17.0. The Bertz CT molecular complexity index is 582. The molecule has 2 heterocycles. The van der Waals surface area contributed by atoms with Gasteiger partial charge in [0.1, 0.15) is 6.61 Å². The largest absolute Gasteiger partial charge is 0.445 e. The van der Waals surface area contributed by atoms with Gasteiger partial charge in [0.05, 0.1) is 6.54 Å². The number of nitrogens with two attached hydrogens (primary N) is 1. The van der Waals surface area contributed by atoms with Gasteiger partial charge in [0.2, 0.25) is 5.91 Å². The van der Waals surface area contributed by atoms with Crippen LogP contribution in [0.3, 0.4) is 0 Å². The Morgan fingerprint density at radius 2 is 1.67 bits per heavy atom. The molecular weight excluding hydrogens is 306 g/mol. The van der Waals surface area contributed by atoms with Gasteiger partial charge in [0.25, 0.3) is 0 Å². The highest BCUT2D eigenvalue weighted by Gasteiger charge is 2.42. The highest BCUT2D eigenvalue weighted by Crippen LogP contribution is 2.40. The highest BCUT2D eigenvalue weighted by atomic mass is 16.6. The van der Waals surface area contributed by atoms with Crippen molar-refractivity contribution < 1.29 is 14.3 Å². The van der Waals surface area contributed by atoms with E-state index in [1.807, 2.05) is 35.2 Å². The van der Waals surface area contributed by atoms with Gasteiger partial charge in [-0.1, -0.05) is 30.3 Å². The lowest BCUT2D eigenvalue weighted by Crippen LogP contribution is -2.45. The number of nitrogens with zero attached hydrogens (tertiary/aromatic N) is 2. The first-order chi connectivity index (χ1) is 11.6. The van der Waals surface area contributed by atoms with Crippen LogP contribution in [0.15, 0.2) is 30.3 Å². The molecule has 1 aromatic carbocycles. The predicted molar refractivity (Wildman–Crippen MR) is 90.1 cm³/mol. The van der Waals surface area contributed by atoms with Crippen molar-refractivity contribution in [1.82, 2.24) is 9.80 Å². The fraction of sp³-hybridized carbons (Fsp3) is 0.556. The number of benzene rings is 1. The van der Waals surface area contributed by atoms with Gasteiger partial charge < -0.3 is 20.3 Å². The molecule has 2 N–H and O–H groups in total. The molecule has 0 saturated carbocycles. The standard InChI is InChI=1S/C18H25N3O3/c19-12-16(22)21-11-8-18(14-21)6-9-20(10-7-18)17(23)24-13-15-4-2-1-3-5-15/h1-5H,6-14,19H2. The molecule has 0 unspecified atom stereocenters. The smallest absolute Gasteiger partial charge is 0.410 e. The van der Waals surface area contributed by atoms with Gasteiger partial charge >= 0.3 is 6.09 Å². The summed E-state index contributed by atoms with van der Waals surface area (Å²) in [7, 11) is 0. The van der Waals surface area contributed by atoms with Crippen LogP contribution < -0.4 is 5.73 Å². The number of ether oxygens (including phenoxy) is 1. The summed E-state index contributed by atoms with van der Waals surface area (Å²) in [6.45, 7) is 3.33. The minimum atomic E-state index is -0.249. The van der Waals surface area contributed by atoms with Gasteiger partial charge in [-0.15, -0.1) is 0 Å². The second kappa shape index (κ2) is 7.21. The Hall–Kier alpha value is -2.08. The van der Waals surface area contributed by atoms with E-state index in [9.17, 15) is 9.59 Å². The Balaban J connectivity index is 1.47. The van der Waals surface area contributed by atoms with Gasteiger partial charge in [0, 0.05) is 26.2 Å². The normalized spacial score (nSPS) is 19.5. The van der Waals surface area contributed by atoms with E-state index in [4.69, 9.17) is 10.5 Å². The molecule has 0 aromatic heterocycles. The number of carbonyl (C=O) groups excluding carboxylic acids is 2. The van der Waals surface area contributed by atoms with E-state index >= 15 is 0 Å². The molecule has 0 radical (unpaired) electrons. The Labute approximate surface area is 142 Å². The summed E-state index contributed by atoms with van der Waals surface area (Å²) in [5.74, 6) is 0.0246. The molecule has 0 bridgehead atoms. The van der Waals surface area contributed by atoms with E-state index in [1.165, 1.54) is 0 Å². The molecule has 2 aliphatic heterocycles. The maximum absolute atomic E-state index is 12.2. The van der Waals surface area contributed by atoms with Crippen LogP contribution in [0.1, 0.15) is 24.8 Å².